The molecule has 2 atom stereocenters. The first kappa shape index (κ1) is 15.2. The van der Waals surface area contributed by atoms with E-state index in [0.29, 0.717) is 6.42 Å². The molecule has 16 heavy (non-hydrogen) atoms. The van der Waals surface area contributed by atoms with Gasteiger partial charge >= 0.3 is 5.97 Å². The van der Waals surface area contributed by atoms with Crippen LogP contribution >= 0.6 is 12.4 Å². The number of halogens is 1. The highest BCUT2D eigenvalue weighted by molar-refractivity contribution is 5.85. The molecule has 1 aliphatic rings. The van der Waals surface area contributed by atoms with Gasteiger partial charge in [0.25, 0.3) is 0 Å². The number of hydrogen-bond acceptors (Lipinski definition) is 4. The lowest BCUT2D eigenvalue weighted by molar-refractivity contribution is -0.141. The highest BCUT2D eigenvalue weighted by Gasteiger charge is 2.25. The number of hydrogen-bond donors (Lipinski definition) is 2. The third-order valence-electron chi connectivity index (χ3n) is 2.72. The van der Waals surface area contributed by atoms with Crippen LogP contribution in [0.25, 0.3) is 0 Å². The van der Waals surface area contributed by atoms with Gasteiger partial charge in [-0.1, -0.05) is 6.42 Å². The minimum absolute atomic E-state index is 0. The van der Waals surface area contributed by atoms with E-state index in [9.17, 15) is 9.59 Å². The Kier molecular flexibility index (Phi) is 7.08. The average Bonchev–Trinajstić information content (AvgIpc) is 2.25. The zero-order valence-corrected chi connectivity index (χ0v) is 10.2. The maximum atomic E-state index is 11.6. The minimum Gasteiger partial charge on any atom is -0.468 e. The quantitative estimate of drug-likeness (QED) is 0.702. The Hall–Kier alpha value is -0.810. The van der Waals surface area contributed by atoms with E-state index in [1.165, 1.54) is 7.11 Å². The predicted molar refractivity (Wildman–Crippen MR) is 62.2 cm³/mol. The smallest absolute Gasteiger partial charge is 0.325 e. The van der Waals surface area contributed by atoms with E-state index in [-0.39, 0.29) is 36.8 Å². The Bertz CT molecular complexity index is 248. The molecule has 0 aliphatic heterocycles. The number of nitrogens with two attached hydrogens (primary N) is 1. The maximum Gasteiger partial charge on any atom is 0.325 e. The summed E-state index contributed by atoms with van der Waals surface area (Å²) in [5, 5.41) is 2.55. The zero-order valence-electron chi connectivity index (χ0n) is 9.40. The number of ether oxygens (including phenoxy) is 1. The molecule has 0 aromatic heterocycles. The number of rotatable bonds is 3. The van der Waals surface area contributed by atoms with E-state index in [0.717, 1.165) is 19.3 Å². The number of carbonyl (C=O) groups excluding carboxylic acids is 2. The molecule has 0 heterocycles. The van der Waals surface area contributed by atoms with Crippen LogP contribution in [0.5, 0.6) is 0 Å². The van der Waals surface area contributed by atoms with Crippen LogP contribution in [0, 0.1) is 5.92 Å². The van der Waals surface area contributed by atoms with E-state index < -0.39 is 5.97 Å². The molecule has 2 unspecified atom stereocenters. The molecule has 5 nitrogen and oxygen atoms in total. The molecule has 1 aliphatic carbocycles. The lowest BCUT2D eigenvalue weighted by Crippen LogP contribution is -2.39. The molecule has 0 radical (unpaired) electrons. The molecule has 0 spiro atoms. The highest BCUT2D eigenvalue weighted by atomic mass is 35.5. The van der Waals surface area contributed by atoms with Crippen LogP contribution in [0.4, 0.5) is 0 Å². The largest absolute Gasteiger partial charge is 0.468 e. The van der Waals surface area contributed by atoms with Crippen LogP contribution in [0.2, 0.25) is 0 Å². The van der Waals surface area contributed by atoms with E-state index >= 15 is 0 Å². The van der Waals surface area contributed by atoms with Crippen LogP contribution in [0.1, 0.15) is 25.7 Å². The molecule has 1 saturated carbocycles. The van der Waals surface area contributed by atoms with Crippen LogP contribution in [-0.4, -0.2) is 31.6 Å². The predicted octanol–water partition coefficient (Wildman–Crippen LogP) is 0.215. The van der Waals surface area contributed by atoms with Gasteiger partial charge in [-0.2, -0.15) is 0 Å². The summed E-state index contributed by atoms with van der Waals surface area (Å²) in [6.45, 7) is -0.0545. The van der Waals surface area contributed by atoms with Gasteiger partial charge in [0.2, 0.25) is 5.91 Å². The summed E-state index contributed by atoms with van der Waals surface area (Å²) in [5.41, 5.74) is 5.77. The van der Waals surface area contributed by atoms with Gasteiger partial charge in [-0.15, -0.1) is 12.4 Å². The summed E-state index contributed by atoms with van der Waals surface area (Å²) in [6, 6.07) is 0.118. The third kappa shape index (κ3) is 4.81. The van der Waals surface area contributed by atoms with Crippen molar-refractivity contribution in [2.24, 2.45) is 11.7 Å². The Labute approximate surface area is 101 Å². The van der Waals surface area contributed by atoms with Crippen molar-refractivity contribution >= 4 is 24.3 Å². The van der Waals surface area contributed by atoms with Crippen LogP contribution in [0.3, 0.4) is 0 Å². The van der Waals surface area contributed by atoms with Crippen molar-refractivity contribution in [3.63, 3.8) is 0 Å². The van der Waals surface area contributed by atoms with Gasteiger partial charge in [0.1, 0.15) is 6.54 Å². The number of esters is 1. The van der Waals surface area contributed by atoms with Gasteiger partial charge in [0.05, 0.1) is 7.11 Å². The lowest BCUT2D eigenvalue weighted by atomic mass is 9.85. The second-order valence-electron chi connectivity index (χ2n) is 3.92. The second-order valence-corrected chi connectivity index (χ2v) is 3.92. The number of carbonyl (C=O) groups is 2. The van der Waals surface area contributed by atoms with Crippen LogP contribution in [-0.2, 0) is 14.3 Å². The third-order valence-corrected chi connectivity index (χ3v) is 2.72. The fourth-order valence-electron chi connectivity index (χ4n) is 1.84. The minimum atomic E-state index is -0.427. The molecular formula is C10H19ClN2O3. The Balaban J connectivity index is 0.00000225. The summed E-state index contributed by atoms with van der Waals surface area (Å²) in [4.78, 5) is 22.4. The molecule has 94 valence electrons. The molecule has 0 saturated heterocycles. The Morgan fingerprint density at radius 3 is 2.69 bits per heavy atom. The maximum absolute atomic E-state index is 11.6. The number of nitrogens with one attached hydrogen (secondary N) is 1. The molecular weight excluding hydrogens is 232 g/mol. The number of amides is 1. The molecule has 0 bridgehead atoms. The fourth-order valence-corrected chi connectivity index (χ4v) is 1.84. The van der Waals surface area contributed by atoms with Crippen molar-refractivity contribution < 1.29 is 14.3 Å². The molecule has 0 aromatic carbocycles. The molecule has 6 heteroatoms. The topological polar surface area (TPSA) is 81.4 Å². The summed E-state index contributed by atoms with van der Waals surface area (Å²) in [6.07, 6.45) is 3.55. The fraction of sp³-hybridized carbons (Fsp3) is 0.800. The van der Waals surface area contributed by atoms with Crippen molar-refractivity contribution in [3.8, 4) is 0 Å². The lowest BCUT2D eigenvalue weighted by Gasteiger charge is -2.25. The standard InChI is InChI=1S/C10H18N2O3.ClH/c1-15-9(13)6-12-10(14)7-3-2-4-8(11)5-7;/h7-8H,2-6,11H2,1H3,(H,12,14);1H. The van der Waals surface area contributed by atoms with E-state index in [2.05, 4.69) is 10.1 Å². The summed E-state index contributed by atoms with van der Waals surface area (Å²) in [5.74, 6) is -0.558. The SMILES string of the molecule is COC(=O)CNC(=O)C1CCCC(N)C1.Cl. The van der Waals surface area contributed by atoms with Gasteiger partial charge < -0.3 is 15.8 Å². The van der Waals surface area contributed by atoms with Gasteiger partial charge in [-0.3, -0.25) is 9.59 Å². The number of methoxy groups -OCH3 is 1. The molecule has 3 N–H and O–H groups in total. The van der Waals surface area contributed by atoms with Gasteiger partial charge in [0.15, 0.2) is 0 Å². The summed E-state index contributed by atoms with van der Waals surface area (Å²) < 4.78 is 4.43. The molecule has 1 fully saturated rings. The van der Waals surface area contributed by atoms with Crippen molar-refractivity contribution in [1.82, 2.24) is 5.32 Å². The normalized spacial score (nSPS) is 24.1. The summed E-state index contributed by atoms with van der Waals surface area (Å²) in [7, 11) is 1.30. The first-order chi connectivity index (χ1) is 7.13. The Morgan fingerprint density at radius 2 is 2.12 bits per heavy atom. The van der Waals surface area contributed by atoms with Gasteiger partial charge in [-0.05, 0) is 19.3 Å². The van der Waals surface area contributed by atoms with Crippen LogP contribution in [0.15, 0.2) is 0 Å². The van der Waals surface area contributed by atoms with Crippen molar-refractivity contribution in [3.05, 3.63) is 0 Å². The highest BCUT2D eigenvalue weighted by Crippen LogP contribution is 2.22. The van der Waals surface area contributed by atoms with Gasteiger partial charge in [0, 0.05) is 12.0 Å². The summed E-state index contributed by atoms with van der Waals surface area (Å²) >= 11 is 0. The van der Waals surface area contributed by atoms with E-state index in [1.54, 1.807) is 0 Å². The molecule has 0 aromatic rings. The average molecular weight is 251 g/mol. The first-order valence-electron chi connectivity index (χ1n) is 5.23. The van der Waals surface area contributed by atoms with Crippen LogP contribution < -0.4 is 11.1 Å². The van der Waals surface area contributed by atoms with E-state index in [1.807, 2.05) is 0 Å². The van der Waals surface area contributed by atoms with Gasteiger partial charge in [-0.25, -0.2) is 0 Å². The zero-order chi connectivity index (χ0) is 11.3. The second kappa shape index (κ2) is 7.46. The molecule has 1 amide bonds. The Morgan fingerprint density at radius 1 is 1.44 bits per heavy atom. The van der Waals surface area contributed by atoms with Crippen molar-refractivity contribution in [2.45, 2.75) is 31.7 Å². The van der Waals surface area contributed by atoms with Crippen molar-refractivity contribution in [1.29, 1.82) is 0 Å². The molecule has 1 rings (SSSR count). The van der Waals surface area contributed by atoms with E-state index in [4.69, 9.17) is 5.73 Å². The monoisotopic (exact) mass is 250 g/mol. The first-order valence-corrected chi connectivity index (χ1v) is 5.23. The van der Waals surface area contributed by atoms with Crippen molar-refractivity contribution in [2.75, 3.05) is 13.7 Å².